The van der Waals surface area contributed by atoms with Crippen molar-refractivity contribution in [3.05, 3.63) is 29.8 Å². The average molecular weight is 297 g/mol. The van der Waals surface area contributed by atoms with Crippen LogP contribution in [-0.2, 0) is 9.84 Å². The summed E-state index contributed by atoms with van der Waals surface area (Å²) >= 11 is 1.92. The van der Waals surface area contributed by atoms with Crippen LogP contribution >= 0.6 is 11.8 Å². The van der Waals surface area contributed by atoms with E-state index in [2.05, 4.69) is 29.6 Å². The Bertz CT molecular complexity index is 542. The molecule has 0 amide bonds. The van der Waals surface area contributed by atoms with Crippen molar-refractivity contribution in [2.75, 3.05) is 17.3 Å². The Kier molecular flexibility index (Phi) is 3.87. The normalized spacial score (nSPS) is 26.8. The van der Waals surface area contributed by atoms with Crippen molar-refractivity contribution < 1.29 is 8.42 Å². The summed E-state index contributed by atoms with van der Waals surface area (Å²) in [5.41, 5.74) is 1.38. The molecule has 1 aromatic carbocycles. The molecule has 0 saturated carbocycles. The zero-order chi connectivity index (χ0) is 13.3. The molecule has 1 atom stereocenters. The van der Waals surface area contributed by atoms with E-state index in [1.807, 2.05) is 11.8 Å². The fourth-order valence-electron chi connectivity index (χ4n) is 2.86. The number of thioether (sulfide) groups is 1. The predicted octanol–water partition coefficient (Wildman–Crippen LogP) is 2.39. The Labute approximate surface area is 119 Å². The lowest BCUT2D eigenvalue weighted by Crippen LogP contribution is -2.40. The van der Waals surface area contributed by atoms with Gasteiger partial charge in [-0.25, -0.2) is 8.42 Å². The van der Waals surface area contributed by atoms with Crippen molar-refractivity contribution >= 4 is 21.6 Å². The van der Waals surface area contributed by atoms with Crippen LogP contribution in [0.15, 0.2) is 29.2 Å². The highest BCUT2D eigenvalue weighted by Crippen LogP contribution is 2.36. The van der Waals surface area contributed by atoms with Crippen molar-refractivity contribution in [2.24, 2.45) is 0 Å². The Hall–Kier alpha value is -0.520. The molecule has 2 aliphatic heterocycles. The number of sulfone groups is 1. The SMILES string of the molecule is O=S1(=O)CCC(NC2CCSc3ccccc32)CC1. The summed E-state index contributed by atoms with van der Waals surface area (Å²) in [6.07, 6.45) is 2.65. The minimum absolute atomic E-state index is 0.341. The first-order valence-corrected chi connectivity index (χ1v) is 9.63. The molecule has 2 aliphatic rings. The summed E-state index contributed by atoms with van der Waals surface area (Å²) in [5, 5.41) is 3.67. The van der Waals surface area contributed by atoms with Crippen molar-refractivity contribution in [1.29, 1.82) is 0 Å². The third-order valence-corrected chi connectivity index (χ3v) is 6.79. The highest BCUT2D eigenvalue weighted by atomic mass is 32.2. The fraction of sp³-hybridized carbons (Fsp3) is 0.571. The van der Waals surface area contributed by atoms with Crippen molar-refractivity contribution in [1.82, 2.24) is 5.32 Å². The maximum Gasteiger partial charge on any atom is 0.150 e. The van der Waals surface area contributed by atoms with Gasteiger partial charge in [0, 0.05) is 17.0 Å². The second kappa shape index (κ2) is 5.46. The van der Waals surface area contributed by atoms with Crippen molar-refractivity contribution in [3.8, 4) is 0 Å². The van der Waals surface area contributed by atoms with Gasteiger partial charge in [0.15, 0.2) is 0 Å². The highest BCUT2D eigenvalue weighted by Gasteiger charge is 2.27. The first-order chi connectivity index (χ1) is 9.14. The van der Waals surface area contributed by atoms with E-state index < -0.39 is 9.84 Å². The summed E-state index contributed by atoms with van der Waals surface area (Å²) in [4.78, 5) is 1.37. The molecule has 2 heterocycles. The second-order valence-electron chi connectivity index (χ2n) is 5.32. The Balaban J connectivity index is 1.68. The van der Waals surface area contributed by atoms with Crippen LogP contribution in [0.3, 0.4) is 0 Å². The van der Waals surface area contributed by atoms with Gasteiger partial charge >= 0.3 is 0 Å². The molecule has 0 spiro atoms. The van der Waals surface area contributed by atoms with Gasteiger partial charge in [-0.1, -0.05) is 18.2 Å². The number of hydrogen-bond acceptors (Lipinski definition) is 4. The lowest BCUT2D eigenvalue weighted by atomic mass is 10.0. The summed E-state index contributed by atoms with van der Waals surface area (Å²) < 4.78 is 22.9. The maximum atomic E-state index is 11.5. The van der Waals surface area contributed by atoms with Gasteiger partial charge in [0.05, 0.1) is 11.5 Å². The van der Waals surface area contributed by atoms with Crippen LogP contribution in [-0.4, -0.2) is 31.7 Å². The van der Waals surface area contributed by atoms with Crippen LogP contribution in [0.5, 0.6) is 0 Å². The number of benzene rings is 1. The maximum absolute atomic E-state index is 11.5. The molecule has 104 valence electrons. The average Bonchev–Trinajstić information content (AvgIpc) is 2.42. The van der Waals surface area contributed by atoms with Crippen molar-refractivity contribution in [3.63, 3.8) is 0 Å². The number of fused-ring (bicyclic) bond motifs is 1. The van der Waals surface area contributed by atoms with Crippen molar-refractivity contribution in [2.45, 2.75) is 36.2 Å². The molecule has 1 saturated heterocycles. The van der Waals surface area contributed by atoms with Gasteiger partial charge in [0.2, 0.25) is 0 Å². The molecule has 0 aliphatic carbocycles. The minimum Gasteiger partial charge on any atom is -0.307 e. The Morgan fingerprint density at radius 1 is 1.11 bits per heavy atom. The molecule has 0 bridgehead atoms. The third kappa shape index (κ3) is 3.15. The summed E-state index contributed by atoms with van der Waals surface area (Å²) in [5.74, 6) is 1.82. The lowest BCUT2D eigenvalue weighted by molar-refractivity contribution is 0.394. The molecule has 19 heavy (non-hydrogen) atoms. The number of nitrogens with one attached hydrogen (secondary N) is 1. The second-order valence-corrected chi connectivity index (χ2v) is 8.76. The topological polar surface area (TPSA) is 46.2 Å². The summed E-state index contributed by atoms with van der Waals surface area (Å²) in [6.45, 7) is 0. The zero-order valence-electron chi connectivity index (χ0n) is 10.8. The van der Waals surface area contributed by atoms with Gasteiger partial charge in [-0.05, 0) is 36.6 Å². The molecular formula is C14H19NO2S2. The summed E-state index contributed by atoms with van der Waals surface area (Å²) in [7, 11) is -2.76. The minimum atomic E-state index is -2.76. The Morgan fingerprint density at radius 2 is 1.84 bits per heavy atom. The molecule has 3 nitrogen and oxygen atoms in total. The van der Waals surface area contributed by atoms with Gasteiger partial charge in [0.1, 0.15) is 9.84 Å². The van der Waals surface area contributed by atoms with E-state index in [9.17, 15) is 8.42 Å². The molecule has 1 N–H and O–H groups in total. The quantitative estimate of drug-likeness (QED) is 0.910. The van der Waals surface area contributed by atoms with E-state index in [0.29, 0.717) is 23.6 Å². The van der Waals surface area contributed by atoms with E-state index in [4.69, 9.17) is 0 Å². The predicted molar refractivity (Wildman–Crippen MR) is 79.3 cm³/mol. The highest BCUT2D eigenvalue weighted by molar-refractivity contribution is 7.99. The van der Waals surface area contributed by atoms with E-state index in [1.54, 1.807) is 0 Å². The standard InChI is InChI=1S/C14H19NO2S2/c16-19(17)9-6-11(7-10-19)15-13-5-8-18-14-4-2-1-3-12(13)14/h1-4,11,13,15H,5-10H2. The van der Waals surface area contributed by atoms with Gasteiger partial charge in [-0.2, -0.15) is 0 Å². The number of rotatable bonds is 2. The first-order valence-electron chi connectivity index (χ1n) is 6.82. The van der Waals surface area contributed by atoms with E-state index >= 15 is 0 Å². The van der Waals surface area contributed by atoms with Crippen LogP contribution in [0.2, 0.25) is 0 Å². The van der Waals surface area contributed by atoms with Gasteiger partial charge < -0.3 is 5.32 Å². The molecule has 0 radical (unpaired) electrons. The molecule has 1 fully saturated rings. The van der Waals surface area contributed by atoms with Crippen LogP contribution in [0.25, 0.3) is 0 Å². The largest absolute Gasteiger partial charge is 0.307 e. The van der Waals surface area contributed by atoms with Gasteiger partial charge in [-0.15, -0.1) is 11.8 Å². The monoisotopic (exact) mass is 297 g/mol. The molecule has 1 aromatic rings. The molecule has 0 aromatic heterocycles. The third-order valence-electron chi connectivity index (χ3n) is 3.95. The van der Waals surface area contributed by atoms with E-state index in [-0.39, 0.29) is 0 Å². The molecule has 1 unspecified atom stereocenters. The smallest absolute Gasteiger partial charge is 0.150 e. The summed E-state index contributed by atoms with van der Waals surface area (Å²) in [6, 6.07) is 9.29. The van der Waals surface area contributed by atoms with Crippen LogP contribution in [0, 0.1) is 0 Å². The lowest BCUT2D eigenvalue weighted by Gasteiger charge is -2.32. The Morgan fingerprint density at radius 3 is 2.63 bits per heavy atom. The number of hydrogen-bond donors (Lipinski definition) is 1. The van der Waals surface area contributed by atoms with Crippen LogP contribution in [0.4, 0.5) is 0 Å². The fourth-order valence-corrected chi connectivity index (χ4v) is 5.47. The zero-order valence-corrected chi connectivity index (χ0v) is 12.5. The van der Waals surface area contributed by atoms with E-state index in [0.717, 1.165) is 25.0 Å². The molecular weight excluding hydrogens is 278 g/mol. The van der Waals surface area contributed by atoms with E-state index in [1.165, 1.54) is 10.5 Å². The van der Waals surface area contributed by atoms with Crippen LogP contribution < -0.4 is 5.32 Å². The van der Waals surface area contributed by atoms with Crippen LogP contribution in [0.1, 0.15) is 30.9 Å². The molecule has 5 heteroatoms. The molecule has 3 rings (SSSR count). The first kappa shape index (κ1) is 13.5. The van der Waals surface area contributed by atoms with Gasteiger partial charge in [-0.3, -0.25) is 0 Å². The van der Waals surface area contributed by atoms with Gasteiger partial charge in [0.25, 0.3) is 0 Å².